The summed E-state index contributed by atoms with van der Waals surface area (Å²) in [5.41, 5.74) is 6.03. The first-order chi connectivity index (χ1) is 10.7. The van der Waals surface area contributed by atoms with Crippen LogP contribution >= 0.6 is 24.2 Å². The molecule has 0 bridgehead atoms. The van der Waals surface area contributed by atoms with Crippen molar-refractivity contribution in [3.8, 4) is 0 Å². The van der Waals surface area contributed by atoms with Crippen molar-refractivity contribution >= 4 is 30.1 Å². The van der Waals surface area contributed by atoms with Crippen LogP contribution in [-0.2, 0) is 4.79 Å². The Morgan fingerprint density at radius 1 is 1.22 bits per heavy atom. The number of halogens is 1. The van der Waals surface area contributed by atoms with Gasteiger partial charge in [-0.2, -0.15) is 0 Å². The number of likely N-dealkylation sites (tertiary alicyclic amines) is 1. The van der Waals surface area contributed by atoms with Crippen LogP contribution in [0.4, 0.5) is 0 Å². The van der Waals surface area contributed by atoms with Crippen molar-refractivity contribution in [2.75, 3.05) is 18.8 Å². The fraction of sp³-hybridized carbons (Fsp3) is 0.611. The lowest BCUT2D eigenvalue weighted by atomic mass is 9.85. The highest BCUT2D eigenvalue weighted by atomic mass is 35.5. The summed E-state index contributed by atoms with van der Waals surface area (Å²) in [6, 6.07) is 10.8. The fourth-order valence-electron chi connectivity index (χ4n) is 3.61. The highest BCUT2D eigenvalue weighted by Crippen LogP contribution is 2.30. The maximum atomic E-state index is 12.6. The van der Waals surface area contributed by atoms with Crippen LogP contribution in [0.1, 0.15) is 32.1 Å². The second-order valence-corrected chi connectivity index (χ2v) is 7.78. The molecule has 3 rings (SSSR count). The highest BCUT2D eigenvalue weighted by molar-refractivity contribution is 7.99. The first kappa shape index (κ1) is 18.6. The summed E-state index contributed by atoms with van der Waals surface area (Å²) in [4.78, 5) is 16.1. The third-order valence-electron chi connectivity index (χ3n) is 4.89. The number of thioether (sulfide) groups is 1. The first-order valence-electron chi connectivity index (χ1n) is 8.44. The minimum Gasteiger partial charge on any atom is -0.342 e. The summed E-state index contributed by atoms with van der Waals surface area (Å²) < 4.78 is 0. The normalized spacial score (nSPS) is 27.5. The Morgan fingerprint density at radius 3 is 2.74 bits per heavy atom. The Hall–Kier alpha value is -0.710. The van der Waals surface area contributed by atoms with Gasteiger partial charge in [0.15, 0.2) is 0 Å². The standard InChI is InChI=1S/C18H26N2OS.ClH/c19-16-6-4-5-15(11-16)18(21)20-10-9-14(12-20)13-22-17-7-2-1-3-8-17;/h1-3,7-8,14-16H,4-6,9-13,19H2;1H. The molecule has 0 radical (unpaired) electrons. The second kappa shape index (κ2) is 8.95. The summed E-state index contributed by atoms with van der Waals surface area (Å²) >= 11 is 1.91. The Labute approximate surface area is 149 Å². The van der Waals surface area contributed by atoms with Gasteiger partial charge >= 0.3 is 0 Å². The maximum Gasteiger partial charge on any atom is 0.225 e. The third-order valence-corrected chi connectivity index (χ3v) is 6.13. The van der Waals surface area contributed by atoms with Gasteiger partial charge in [0.05, 0.1) is 0 Å². The number of hydrogen-bond donors (Lipinski definition) is 1. The Morgan fingerprint density at radius 2 is 2.00 bits per heavy atom. The molecule has 23 heavy (non-hydrogen) atoms. The van der Waals surface area contributed by atoms with Gasteiger partial charge in [-0.15, -0.1) is 24.2 Å². The molecule has 2 fully saturated rings. The van der Waals surface area contributed by atoms with E-state index in [1.807, 2.05) is 11.8 Å². The molecule has 1 aliphatic heterocycles. The Bertz CT molecular complexity index is 499. The van der Waals surface area contributed by atoms with E-state index in [0.29, 0.717) is 11.8 Å². The zero-order valence-electron chi connectivity index (χ0n) is 13.5. The molecule has 3 atom stereocenters. The van der Waals surface area contributed by atoms with Crippen molar-refractivity contribution in [3.05, 3.63) is 30.3 Å². The monoisotopic (exact) mass is 354 g/mol. The molecule has 1 amide bonds. The molecule has 1 saturated heterocycles. The van der Waals surface area contributed by atoms with Crippen LogP contribution in [0.2, 0.25) is 0 Å². The van der Waals surface area contributed by atoms with Gasteiger partial charge < -0.3 is 10.6 Å². The maximum absolute atomic E-state index is 12.6. The zero-order chi connectivity index (χ0) is 15.4. The molecule has 1 saturated carbocycles. The van der Waals surface area contributed by atoms with Crippen LogP contribution < -0.4 is 5.73 Å². The molecule has 3 nitrogen and oxygen atoms in total. The molecule has 128 valence electrons. The van der Waals surface area contributed by atoms with E-state index >= 15 is 0 Å². The number of amides is 1. The van der Waals surface area contributed by atoms with Crippen LogP contribution in [0.25, 0.3) is 0 Å². The van der Waals surface area contributed by atoms with Crippen LogP contribution in [-0.4, -0.2) is 35.7 Å². The van der Waals surface area contributed by atoms with Gasteiger partial charge in [0, 0.05) is 35.7 Å². The number of hydrogen-bond acceptors (Lipinski definition) is 3. The number of benzene rings is 1. The van der Waals surface area contributed by atoms with Crippen molar-refractivity contribution in [2.45, 2.75) is 43.0 Å². The Balaban J connectivity index is 0.00000192. The van der Waals surface area contributed by atoms with Gasteiger partial charge in [-0.1, -0.05) is 24.6 Å². The molecular formula is C18H27ClN2OS. The number of nitrogens with two attached hydrogens (primary N) is 1. The quantitative estimate of drug-likeness (QED) is 0.841. The number of nitrogens with zero attached hydrogens (tertiary/aromatic N) is 1. The smallest absolute Gasteiger partial charge is 0.225 e. The van der Waals surface area contributed by atoms with Gasteiger partial charge in [-0.25, -0.2) is 0 Å². The van der Waals surface area contributed by atoms with Crippen LogP contribution in [0.5, 0.6) is 0 Å². The lowest BCUT2D eigenvalue weighted by Gasteiger charge is -2.29. The molecular weight excluding hydrogens is 328 g/mol. The predicted octanol–water partition coefficient (Wildman–Crippen LogP) is 3.57. The van der Waals surface area contributed by atoms with E-state index in [2.05, 4.69) is 35.2 Å². The van der Waals surface area contributed by atoms with Crippen LogP contribution in [0.3, 0.4) is 0 Å². The molecule has 1 aromatic rings. The second-order valence-electron chi connectivity index (χ2n) is 6.69. The topological polar surface area (TPSA) is 46.3 Å². The van der Waals surface area contributed by atoms with Crippen LogP contribution in [0.15, 0.2) is 35.2 Å². The SMILES string of the molecule is Cl.NC1CCCC(C(=O)N2CCC(CSc3ccccc3)C2)C1. The minimum absolute atomic E-state index is 0. The van der Waals surface area contributed by atoms with Crippen molar-refractivity contribution < 1.29 is 4.79 Å². The molecule has 2 aliphatic rings. The third kappa shape index (κ3) is 5.13. The van der Waals surface area contributed by atoms with Gasteiger partial charge in [0.2, 0.25) is 5.91 Å². The van der Waals surface area contributed by atoms with E-state index in [1.54, 1.807) is 0 Å². The van der Waals surface area contributed by atoms with Gasteiger partial charge in [-0.3, -0.25) is 4.79 Å². The molecule has 3 unspecified atom stereocenters. The first-order valence-corrected chi connectivity index (χ1v) is 9.43. The summed E-state index contributed by atoms with van der Waals surface area (Å²) in [5.74, 6) is 2.29. The van der Waals surface area contributed by atoms with E-state index < -0.39 is 0 Å². The molecule has 0 aromatic heterocycles. The van der Waals surface area contributed by atoms with Gasteiger partial charge in [0.1, 0.15) is 0 Å². The molecule has 0 spiro atoms. The van der Waals surface area contributed by atoms with Crippen molar-refractivity contribution in [1.82, 2.24) is 4.90 Å². The largest absolute Gasteiger partial charge is 0.342 e. The number of carbonyl (C=O) groups excluding carboxylic acids is 1. The zero-order valence-corrected chi connectivity index (χ0v) is 15.2. The Kier molecular flexibility index (Phi) is 7.25. The van der Waals surface area contributed by atoms with Crippen LogP contribution in [0, 0.1) is 11.8 Å². The molecule has 1 aliphatic carbocycles. The lowest BCUT2D eigenvalue weighted by Crippen LogP contribution is -2.39. The van der Waals surface area contributed by atoms with Crippen molar-refractivity contribution in [2.24, 2.45) is 17.6 Å². The van der Waals surface area contributed by atoms with E-state index in [9.17, 15) is 4.79 Å². The van der Waals surface area contributed by atoms with Gasteiger partial charge in [-0.05, 0) is 43.7 Å². The summed E-state index contributed by atoms with van der Waals surface area (Å²) in [6.07, 6.45) is 5.26. The molecule has 2 N–H and O–H groups in total. The van der Waals surface area contributed by atoms with Crippen molar-refractivity contribution in [1.29, 1.82) is 0 Å². The lowest BCUT2D eigenvalue weighted by molar-refractivity contribution is -0.135. The summed E-state index contributed by atoms with van der Waals surface area (Å²) in [6.45, 7) is 1.87. The highest BCUT2D eigenvalue weighted by Gasteiger charge is 2.33. The minimum atomic E-state index is 0. The van der Waals surface area contributed by atoms with E-state index in [4.69, 9.17) is 5.73 Å². The van der Waals surface area contributed by atoms with E-state index in [-0.39, 0.29) is 24.4 Å². The average Bonchev–Trinajstić information content (AvgIpc) is 3.02. The molecule has 1 heterocycles. The number of rotatable bonds is 4. The molecule has 5 heteroatoms. The molecule has 1 aromatic carbocycles. The van der Waals surface area contributed by atoms with Crippen molar-refractivity contribution in [3.63, 3.8) is 0 Å². The summed E-state index contributed by atoms with van der Waals surface area (Å²) in [5, 5.41) is 0. The van der Waals surface area contributed by atoms with E-state index in [0.717, 1.165) is 50.9 Å². The predicted molar refractivity (Wildman–Crippen MR) is 99.0 cm³/mol. The average molecular weight is 355 g/mol. The fourth-order valence-corrected chi connectivity index (χ4v) is 4.66. The van der Waals surface area contributed by atoms with E-state index in [1.165, 1.54) is 4.90 Å². The van der Waals surface area contributed by atoms with Gasteiger partial charge in [0.25, 0.3) is 0 Å². The number of carbonyl (C=O) groups is 1. The summed E-state index contributed by atoms with van der Waals surface area (Å²) in [7, 11) is 0.